The number of rotatable bonds is 4. The van der Waals surface area contributed by atoms with Gasteiger partial charge in [0.25, 0.3) is 0 Å². The van der Waals surface area contributed by atoms with E-state index in [0.29, 0.717) is 0 Å². The molecule has 1 saturated heterocycles. The quantitative estimate of drug-likeness (QED) is 0.467. The van der Waals surface area contributed by atoms with Crippen molar-refractivity contribution in [3.05, 3.63) is 60.3 Å². The molecular formula is C27H31N7. The van der Waals surface area contributed by atoms with Gasteiger partial charge in [-0.05, 0) is 60.4 Å². The number of hydrogen-bond donors (Lipinski definition) is 2. The van der Waals surface area contributed by atoms with Gasteiger partial charge in [0.2, 0.25) is 0 Å². The normalized spacial score (nSPS) is 17.7. The maximum atomic E-state index is 5.98. The largest absolute Gasteiger partial charge is 0.355 e. The van der Waals surface area contributed by atoms with Crippen LogP contribution in [0.2, 0.25) is 0 Å². The highest BCUT2D eigenvalue weighted by molar-refractivity contribution is 5.89. The third kappa shape index (κ3) is 3.60. The standard InChI is InChI=1S/C27H31N7/c1-27(18-28)12-15-33(16-13-27)23-17-29-24-25(30-23)31-32-26(24)34-14-6-10-21-20(9-5-11-22(21)34)19-7-3-2-4-8-19/h2-5,7-9,11,17H,6,10,12-16,18,28H2,1H3,(H,30,31,32). The highest BCUT2D eigenvalue weighted by Crippen LogP contribution is 2.40. The summed E-state index contributed by atoms with van der Waals surface area (Å²) in [5.74, 6) is 1.77. The molecule has 7 heteroatoms. The second-order valence-corrected chi connectivity index (χ2v) is 9.90. The van der Waals surface area contributed by atoms with Gasteiger partial charge in [0.1, 0.15) is 5.82 Å². The molecule has 34 heavy (non-hydrogen) atoms. The third-order valence-corrected chi connectivity index (χ3v) is 7.62. The number of nitrogens with two attached hydrogens (primary N) is 1. The number of aromatic nitrogens is 4. The number of H-pyrrole nitrogens is 1. The SMILES string of the molecule is CC1(CN)CCN(c2cnc3c(N4CCCc5c(-c6ccccc6)cccc54)n[nH]c3n2)CC1. The average molecular weight is 454 g/mol. The smallest absolute Gasteiger partial charge is 0.183 e. The van der Waals surface area contributed by atoms with Crippen molar-refractivity contribution in [2.75, 3.05) is 36.0 Å². The molecule has 0 bridgehead atoms. The van der Waals surface area contributed by atoms with E-state index in [1.165, 1.54) is 22.4 Å². The molecule has 0 atom stereocenters. The fraction of sp³-hybridized carbons (Fsp3) is 0.370. The molecule has 2 aromatic carbocycles. The van der Waals surface area contributed by atoms with Crippen molar-refractivity contribution in [1.29, 1.82) is 0 Å². The van der Waals surface area contributed by atoms with Gasteiger partial charge in [-0.3, -0.25) is 5.10 Å². The van der Waals surface area contributed by atoms with E-state index in [-0.39, 0.29) is 5.41 Å². The zero-order chi connectivity index (χ0) is 23.1. The Morgan fingerprint density at radius 2 is 1.85 bits per heavy atom. The van der Waals surface area contributed by atoms with Gasteiger partial charge in [0.05, 0.1) is 6.20 Å². The molecule has 4 aromatic rings. The van der Waals surface area contributed by atoms with Crippen molar-refractivity contribution in [3.63, 3.8) is 0 Å². The highest BCUT2D eigenvalue weighted by atomic mass is 15.3. The van der Waals surface area contributed by atoms with Crippen molar-refractivity contribution >= 4 is 28.5 Å². The number of benzene rings is 2. The molecule has 1 fully saturated rings. The van der Waals surface area contributed by atoms with Crippen LogP contribution in [-0.2, 0) is 6.42 Å². The molecule has 6 rings (SSSR count). The van der Waals surface area contributed by atoms with Crippen molar-refractivity contribution in [1.82, 2.24) is 20.2 Å². The number of anilines is 3. The molecule has 4 heterocycles. The maximum Gasteiger partial charge on any atom is 0.183 e. The van der Waals surface area contributed by atoms with E-state index in [4.69, 9.17) is 15.7 Å². The van der Waals surface area contributed by atoms with Gasteiger partial charge in [0, 0.05) is 25.3 Å². The van der Waals surface area contributed by atoms with E-state index < -0.39 is 0 Å². The molecule has 7 nitrogen and oxygen atoms in total. The van der Waals surface area contributed by atoms with E-state index in [9.17, 15) is 0 Å². The van der Waals surface area contributed by atoms with Gasteiger partial charge in [-0.2, -0.15) is 5.10 Å². The van der Waals surface area contributed by atoms with E-state index in [0.717, 1.165) is 74.7 Å². The number of fused-ring (bicyclic) bond motifs is 2. The molecule has 3 N–H and O–H groups in total. The Morgan fingerprint density at radius 1 is 1.03 bits per heavy atom. The lowest BCUT2D eigenvalue weighted by atomic mass is 9.80. The zero-order valence-corrected chi connectivity index (χ0v) is 19.7. The summed E-state index contributed by atoms with van der Waals surface area (Å²) in [5, 5.41) is 7.84. The van der Waals surface area contributed by atoms with Crippen molar-refractivity contribution in [3.8, 4) is 11.1 Å². The van der Waals surface area contributed by atoms with Gasteiger partial charge in [-0.1, -0.05) is 49.4 Å². The van der Waals surface area contributed by atoms with Gasteiger partial charge in [-0.15, -0.1) is 0 Å². The number of nitrogens with one attached hydrogen (secondary N) is 1. The zero-order valence-electron chi connectivity index (χ0n) is 19.7. The molecule has 2 aliphatic heterocycles. The van der Waals surface area contributed by atoms with Crippen LogP contribution in [0, 0.1) is 5.41 Å². The van der Waals surface area contributed by atoms with Crippen molar-refractivity contribution < 1.29 is 0 Å². The fourth-order valence-corrected chi connectivity index (χ4v) is 5.33. The summed E-state index contributed by atoms with van der Waals surface area (Å²) in [6.45, 7) is 5.84. The first-order chi connectivity index (χ1) is 16.6. The number of nitrogens with zero attached hydrogens (tertiary/aromatic N) is 5. The molecule has 0 spiro atoms. The van der Waals surface area contributed by atoms with E-state index >= 15 is 0 Å². The Morgan fingerprint density at radius 3 is 2.65 bits per heavy atom. The lowest BCUT2D eigenvalue weighted by Crippen LogP contribution is -2.42. The summed E-state index contributed by atoms with van der Waals surface area (Å²) in [6, 6.07) is 17.2. The Hall–Kier alpha value is -3.45. The van der Waals surface area contributed by atoms with Crippen LogP contribution in [0.5, 0.6) is 0 Å². The van der Waals surface area contributed by atoms with Crippen LogP contribution in [-0.4, -0.2) is 46.3 Å². The second-order valence-electron chi connectivity index (χ2n) is 9.90. The van der Waals surface area contributed by atoms with Crippen LogP contribution in [0.1, 0.15) is 31.7 Å². The Bertz CT molecular complexity index is 1310. The summed E-state index contributed by atoms with van der Waals surface area (Å²) in [6.07, 6.45) is 6.19. The molecular weight excluding hydrogens is 422 g/mol. The van der Waals surface area contributed by atoms with Gasteiger partial charge in [0.15, 0.2) is 17.0 Å². The van der Waals surface area contributed by atoms with Crippen LogP contribution in [0.15, 0.2) is 54.7 Å². The Labute approximate surface area is 200 Å². The number of piperidine rings is 1. The highest BCUT2D eigenvalue weighted by Gasteiger charge is 2.30. The van der Waals surface area contributed by atoms with Gasteiger partial charge < -0.3 is 15.5 Å². The molecule has 2 aromatic heterocycles. The second kappa shape index (κ2) is 8.40. The van der Waals surface area contributed by atoms with Crippen LogP contribution in [0.3, 0.4) is 0 Å². The van der Waals surface area contributed by atoms with Crippen LogP contribution in [0.4, 0.5) is 17.3 Å². The molecule has 0 radical (unpaired) electrons. The van der Waals surface area contributed by atoms with Gasteiger partial charge >= 0.3 is 0 Å². The Kier molecular flexibility index (Phi) is 5.21. The molecule has 0 saturated carbocycles. The lowest BCUT2D eigenvalue weighted by molar-refractivity contribution is 0.258. The van der Waals surface area contributed by atoms with Crippen LogP contribution < -0.4 is 15.5 Å². The topological polar surface area (TPSA) is 87.0 Å². The van der Waals surface area contributed by atoms with Gasteiger partial charge in [-0.25, -0.2) is 9.97 Å². The maximum absolute atomic E-state index is 5.98. The number of hydrogen-bond acceptors (Lipinski definition) is 6. The molecule has 2 aliphatic rings. The minimum atomic E-state index is 0.232. The minimum absolute atomic E-state index is 0.232. The van der Waals surface area contributed by atoms with Crippen molar-refractivity contribution in [2.24, 2.45) is 11.1 Å². The summed E-state index contributed by atoms with van der Waals surface area (Å²) in [5.41, 5.74) is 12.9. The molecule has 0 unspecified atom stereocenters. The molecule has 0 amide bonds. The fourth-order valence-electron chi connectivity index (χ4n) is 5.33. The lowest BCUT2D eigenvalue weighted by Gasteiger charge is -2.39. The van der Waals surface area contributed by atoms with Crippen LogP contribution >= 0.6 is 0 Å². The summed E-state index contributed by atoms with van der Waals surface area (Å²) < 4.78 is 0. The minimum Gasteiger partial charge on any atom is -0.355 e. The Balaban J connectivity index is 1.33. The summed E-state index contributed by atoms with van der Waals surface area (Å²) >= 11 is 0. The monoisotopic (exact) mass is 453 g/mol. The first-order valence-electron chi connectivity index (χ1n) is 12.3. The average Bonchev–Trinajstić information content (AvgIpc) is 3.32. The van der Waals surface area contributed by atoms with Crippen LogP contribution in [0.25, 0.3) is 22.3 Å². The first-order valence-corrected chi connectivity index (χ1v) is 12.3. The molecule has 174 valence electrons. The predicted octanol–water partition coefficient (Wildman–Crippen LogP) is 4.67. The third-order valence-electron chi connectivity index (χ3n) is 7.62. The predicted molar refractivity (Wildman–Crippen MR) is 137 cm³/mol. The van der Waals surface area contributed by atoms with Crippen molar-refractivity contribution in [2.45, 2.75) is 32.6 Å². The number of aromatic amines is 1. The summed E-state index contributed by atoms with van der Waals surface area (Å²) in [7, 11) is 0. The summed E-state index contributed by atoms with van der Waals surface area (Å²) in [4.78, 5) is 14.3. The van der Waals surface area contributed by atoms with E-state index in [1.54, 1.807) is 0 Å². The van der Waals surface area contributed by atoms with E-state index in [1.807, 2.05) is 6.20 Å². The first kappa shape index (κ1) is 21.1. The molecule has 0 aliphatic carbocycles. The van der Waals surface area contributed by atoms with E-state index in [2.05, 4.69) is 75.5 Å².